The topological polar surface area (TPSA) is 21.3 Å². The van der Waals surface area contributed by atoms with Gasteiger partial charge >= 0.3 is 0 Å². The van der Waals surface area contributed by atoms with Gasteiger partial charge in [-0.3, -0.25) is 0 Å². The van der Waals surface area contributed by atoms with Crippen LogP contribution in [0.25, 0.3) is 82.8 Å². The third-order valence-corrected chi connectivity index (χ3v) is 14.0. The van der Waals surface area contributed by atoms with E-state index in [1.54, 1.807) is 0 Å². The first-order valence-electron chi connectivity index (χ1n) is 22.1. The van der Waals surface area contributed by atoms with Gasteiger partial charge in [-0.25, -0.2) is 0 Å². The number of para-hydroxylation sites is 3. The van der Waals surface area contributed by atoms with E-state index in [0.29, 0.717) is 0 Å². The van der Waals surface area contributed by atoms with Gasteiger partial charge in [0.25, 0.3) is 0 Å². The molecule has 0 amide bonds. The van der Waals surface area contributed by atoms with Crippen LogP contribution in [0.3, 0.4) is 0 Å². The van der Waals surface area contributed by atoms with Gasteiger partial charge in [-0.15, -0.1) is 0 Å². The number of anilines is 3. The van der Waals surface area contributed by atoms with Crippen LogP contribution in [0, 0.1) is 0 Å². The average Bonchev–Trinajstić information content (AvgIpc) is 4.01. The fourth-order valence-electron chi connectivity index (χ4n) is 11.3. The van der Waals surface area contributed by atoms with Gasteiger partial charge in [-0.05, 0) is 122 Å². The number of benzene rings is 10. The first-order chi connectivity index (χ1) is 31.7. The molecule has 0 radical (unpaired) electrons. The fraction of sp³-hybridized carbons (Fsp3) is 0.0164. The minimum Gasteiger partial charge on any atom is -0.456 e. The Morgan fingerprint density at radius 1 is 0.344 bits per heavy atom. The number of furan rings is 1. The first kappa shape index (κ1) is 35.2. The molecule has 0 fully saturated rings. The van der Waals surface area contributed by atoms with Crippen molar-refractivity contribution in [3.63, 3.8) is 0 Å². The molecule has 2 aliphatic rings. The zero-order chi connectivity index (χ0) is 41.9. The third kappa shape index (κ3) is 4.81. The summed E-state index contributed by atoms with van der Waals surface area (Å²) in [7, 11) is 0. The molecule has 0 saturated heterocycles. The van der Waals surface area contributed by atoms with E-state index in [0.717, 1.165) is 50.1 Å². The van der Waals surface area contributed by atoms with Crippen molar-refractivity contribution in [3.05, 3.63) is 253 Å². The predicted octanol–water partition coefficient (Wildman–Crippen LogP) is 16.2. The molecule has 2 aromatic heterocycles. The third-order valence-electron chi connectivity index (χ3n) is 14.0. The summed E-state index contributed by atoms with van der Waals surface area (Å²) < 4.78 is 8.72. The summed E-state index contributed by atoms with van der Waals surface area (Å²) in [6.45, 7) is 0. The van der Waals surface area contributed by atoms with Crippen molar-refractivity contribution in [2.45, 2.75) is 5.41 Å². The molecule has 0 N–H and O–H groups in total. The molecule has 64 heavy (non-hydrogen) atoms. The normalized spacial score (nSPS) is 13.1. The van der Waals surface area contributed by atoms with E-state index in [1.165, 1.54) is 72.0 Å². The van der Waals surface area contributed by atoms with Gasteiger partial charge in [0, 0.05) is 38.6 Å². The number of rotatable bonds is 5. The van der Waals surface area contributed by atoms with Crippen molar-refractivity contribution in [2.75, 3.05) is 4.90 Å². The van der Waals surface area contributed by atoms with Gasteiger partial charge in [-0.2, -0.15) is 0 Å². The molecular weight excluding hydrogens is 777 g/mol. The highest BCUT2D eigenvalue weighted by molar-refractivity contribution is 6.14. The molecule has 0 saturated carbocycles. The lowest BCUT2D eigenvalue weighted by atomic mass is 9.65. The van der Waals surface area contributed by atoms with E-state index in [9.17, 15) is 0 Å². The zero-order valence-corrected chi connectivity index (χ0v) is 34.7. The molecular formula is C61H38N2O. The van der Waals surface area contributed by atoms with Crippen LogP contribution in [-0.2, 0) is 5.41 Å². The molecule has 1 spiro atoms. The van der Waals surface area contributed by atoms with Gasteiger partial charge in [-0.1, -0.05) is 164 Å². The molecule has 14 rings (SSSR count). The van der Waals surface area contributed by atoms with E-state index in [1.807, 2.05) is 12.1 Å². The number of aromatic nitrogens is 1. The lowest BCUT2D eigenvalue weighted by Gasteiger charge is -2.40. The van der Waals surface area contributed by atoms with Crippen LogP contribution in [0.15, 0.2) is 235 Å². The Morgan fingerprint density at radius 3 is 1.62 bits per heavy atom. The maximum atomic E-state index is 6.20. The average molecular weight is 815 g/mol. The summed E-state index contributed by atoms with van der Waals surface area (Å²) in [5.74, 6) is 0. The van der Waals surface area contributed by atoms with Gasteiger partial charge in [0.1, 0.15) is 11.2 Å². The lowest BCUT2D eigenvalue weighted by Crippen LogP contribution is -2.33. The molecule has 0 bridgehead atoms. The minimum atomic E-state index is -0.551. The number of hydrogen-bond donors (Lipinski definition) is 0. The van der Waals surface area contributed by atoms with Crippen LogP contribution in [-0.4, -0.2) is 4.57 Å². The van der Waals surface area contributed by atoms with E-state index < -0.39 is 5.41 Å². The Hall–Kier alpha value is -8.40. The van der Waals surface area contributed by atoms with E-state index >= 15 is 0 Å². The molecule has 10 aromatic carbocycles. The summed E-state index contributed by atoms with van der Waals surface area (Å²) in [6, 6.07) is 84.8. The molecule has 298 valence electrons. The van der Waals surface area contributed by atoms with Crippen LogP contribution >= 0.6 is 0 Å². The van der Waals surface area contributed by atoms with Crippen molar-refractivity contribution in [2.24, 2.45) is 0 Å². The van der Waals surface area contributed by atoms with Crippen molar-refractivity contribution < 1.29 is 4.42 Å². The smallest absolute Gasteiger partial charge is 0.135 e. The van der Waals surface area contributed by atoms with Gasteiger partial charge in [0.2, 0.25) is 0 Å². The van der Waals surface area contributed by atoms with Gasteiger partial charge < -0.3 is 13.9 Å². The lowest BCUT2D eigenvalue weighted by molar-refractivity contribution is 0.669. The van der Waals surface area contributed by atoms with E-state index in [2.05, 4.69) is 228 Å². The minimum absolute atomic E-state index is 0.551. The molecule has 12 aromatic rings. The highest BCUT2D eigenvalue weighted by atomic mass is 16.3. The van der Waals surface area contributed by atoms with Crippen LogP contribution < -0.4 is 4.90 Å². The quantitative estimate of drug-likeness (QED) is 0.173. The van der Waals surface area contributed by atoms with Crippen molar-refractivity contribution in [1.82, 2.24) is 4.57 Å². The summed E-state index contributed by atoms with van der Waals surface area (Å²) in [5.41, 5.74) is 20.7. The van der Waals surface area contributed by atoms with Crippen LogP contribution in [0.5, 0.6) is 0 Å². The Morgan fingerprint density at radius 2 is 0.891 bits per heavy atom. The van der Waals surface area contributed by atoms with Crippen molar-refractivity contribution >= 4 is 60.8 Å². The van der Waals surface area contributed by atoms with E-state index in [-0.39, 0.29) is 0 Å². The van der Waals surface area contributed by atoms with Gasteiger partial charge in [0.05, 0.1) is 22.1 Å². The molecule has 3 nitrogen and oxygen atoms in total. The molecule has 0 atom stereocenters. The maximum absolute atomic E-state index is 6.20. The molecule has 0 unspecified atom stereocenters. The van der Waals surface area contributed by atoms with Crippen LogP contribution in [0.1, 0.15) is 22.3 Å². The monoisotopic (exact) mass is 814 g/mol. The van der Waals surface area contributed by atoms with Crippen LogP contribution in [0.2, 0.25) is 0 Å². The Kier molecular flexibility index (Phi) is 7.32. The first-order valence-corrected chi connectivity index (χ1v) is 22.1. The Balaban J connectivity index is 1.03. The standard InChI is InChI=1S/C61H38N2O/c1-2-14-39(15-3-1)40-26-31-43(32-27-40)62(44-33-28-41(29-34-44)42-30-35-59-50(36-42)49-19-7-13-25-58(49)64-59)45-37-51-48-18-6-11-23-56(48)63-57-24-12-10-22-54(57)61(55(38-45)60(51)63)52-20-8-4-16-46(52)47-17-5-9-21-53(47)61/h1-38H. The highest BCUT2D eigenvalue weighted by Crippen LogP contribution is 2.62. The van der Waals surface area contributed by atoms with Gasteiger partial charge in [0.15, 0.2) is 0 Å². The van der Waals surface area contributed by atoms with Crippen molar-refractivity contribution in [3.8, 4) is 39.1 Å². The summed E-state index contributed by atoms with van der Waals surface area (Å²) in [6.07, 6.45) is 0. The summed E-state index contributed by atoms with van der Waals surface area (Å²) in [4.78, 5) is 2.45. The SMILES string of the molecule is c1ccc(-c2ccc(N(c3ccc(-c4ccc5oc6ccccc6c5c4)cc3)c3cc4c5c(c3)c3ccccc3n5-c3ccccc3C43c4ccccc4-c4ccccc43)cc2)cc1. The zero-order valence-electron chi connectivity index (χ0n) is 34.7. The molecule has 3 heteroatoms. The molecule has 1 aliphatic carbocycles. The van der Waals surface area contributed by atoms with E-state index in [4.69, 9.17) is 4.42 Å². The fourth-order valence-corrected chi connectivity index (χ4v) is 11.3. The summed E-state index contributed by atoms with van der Waals surface area (Å²) in [5, 5.41) is 4.74. The second kappa shape index (κ2) is 13.3. The Labute approximate surface area is 370 Å². The number of fused-ring (bicyclic) bond motifs is 15. The largest absolute Gasteiger partial charge is 0.456 e. The number of hydrogen-bond acceptors (Lipinski definition) is 2. The second-order valence-corrected chi connectivity index (χ2v) is 17.2. The van der Waals surface area contributed by atoms with Crippen molar-refractivity contribution in [1.29, 1.82) is 0 Å². The highest BCUT2D eigenvalue weighted by Gasteiger charge is 2.51. The second-order valence-electron chi connectivity index (χ2n) is 17.2. The molecule has 3 heterocycles. The Bertz CT molecular complexity index is 3790. The number of nitrogens with zero attached hydrogens (tertiary/aromatic N) is 2. The molecule has 1 aliphatic heterocycles. The summed E-state index contributed by atoms with van der Waals surface area (Å²) >= 11 is 0. The maximum Gasteiger partial charge on any atom is 0.135 e. The van der Waals surface area contributed by atoms with Crippen LogP contribution in [0.4, 0.5) is 17.1 Å². The predicted molar refractivity (Wildman–Crippen MR) is 264 cm³/mol.